The van der Waals surface area contributed by atoms with Gasteiger partial charge in [0.2, 0.25) is 0 Å². The van der Waals surface area contributed by atoms with Gasteiger partial charge in [-0.05, 0) is 73.2 Å². The Morgan fingerprint density at radius 2 is 1.26 bits per heavy atom. The first-order chi connectivity index (χ1) is 30.2. The van der Waals surface area contributed by atoms with Crippen molar-refractivity contribution in [3.63, 3.8) is 0 Å². The minimum Gasteiger partial charge on any atom is -0.325 e. The van der Waals surface area contributed by atoms with Gasteiger partial charge in [-0.15, -0.1) is 34.2 Å². The van der Waals surface area contributed by atoms with Crippen LogP contribution in [0.5, 0.6) is 0 Å². The van der Waals surface area contributed by atoms with Gasteiger partial charge in [0.05, 0.1) is 17.8 Å². The molecule has 4 nitrogen and oxygen atoms in total. The van der Waals surface area contributed by atoms with Gasteiger partial charge in [0.25, 0.3) is 0 Å². The number of pyridine rings is 1. The van der Waals surface area contributed by atoms with Gasteiger partial charge in [-0.2, -0.15) is 24.3 Å². The van der Waals surface area contributed by atoms with E-state index in [-0.39, 0.29) is 41.8 Å². The van der Waals surface area contributed by atoms with E-state index >= 15 is 0 Å². The predicted molar refractivity (Wildman–Crippen MR) is 254 cm³/mol. The van der Waals surface area contributed by atoms with Crippen LogP contribution in [0.2, 0.25) is 0 Å². The van der Waals surface area contributed by atoms with Gasteiger partial charge in [-0.25, -0.2) is 4.98 Å². The summed E-state index contributed by atoms with van der Waals surface area (Å²) in [6.45, 7) is 20.3. The molecule has 1 saturated heterocycles. The Morgan fingerprint density at radius 3 is 1.92 bits per heavy atom. The molecule has 0 saturated carbocycles. The van der Waals surface area contributed by atoms with Crippen molar-refractivity contribution in [2.45, 2.75) is 84.0 Å². The molecule has 6 aromatic carbocycles. The molecule has 2 atom stereocenters. The molecule has 5 heteroatoms. The quantitative estimate of drug-likeness (QED) is 0.127. The molecule has 2 bridgehead atoms. The number of quaternary nitrogens is 2. The Bertz CT molecular complexity index is 3200. The zero-order valence-corrected chi connectivity index (χ0v) is 39.4. The Balaban J connectivity index is 0.00000498. The largest absolute Gasteiger partial charge is 0.325 e. The summed E-state index contributed by atoms with van der Waals surface area (Å²) >= 11 is 0. The van der Waals surface area contributed by atoms with Crippen LogP contribution < -0.4 is 8.97 Å². The number of rotatable bonds is 4. The number of fused-ring (bicyclic) bond motifs is 6. The fourth-order valence-corrected chi connectivity index (χ4v) is 10.6. The van der Waals surface area contributed by atoms with E-state index in [1.165, 1.54) is 33.4 Å². The molecule has 314 valence electrons. The number of benzene rings is 6. The number of aromatic nitrogens is 2. The first-order valence-corrected chi connectivity index (χ1v) is 21.7. The zero-order valence-electron chi connectivity index (χ0n) is 40.1. The first-order valence-electron chi connectivity index (χ1n) is 23.2. The third-order valence-corrected chi connectivity index (χ3v) is 13.9. The van der Waals surface area contributed by atoms with E-state index in [0.29, 0.717) is 11.2 Å². The number of hydrogen-bond donors (Lipinski definition) is 0. The maximum Gasteiger partial charge on any atom is 0.179 e. The summed E-state index contributed by atoms with van der Waals surface area (Å²) in [4.78, 5) is 5.03. The normalized spacial score (nSPS) is 20.7. The number of para-hydroxylation sites is 1. The smallest absolute Gasteiger partial charge is 0.179 e. The van der Waals surface area contributed by atoms with Crippen molar-refractivity contribution >= 4 is 38.9 Å². The van der Waals surface area contributed by atoms with E-state index in [4.69, 9.17) is 9.10 Å². The zero-order chi connectivity index (χ0) is 45.0. The van der Waals surface area contributed by atoms with E-state index in [1.807, 2.05) is 12.9 Å². The fraction of sp³-hybridized carbons (Fsp3) is 0.263. The van der Waals surface area contributed by atoms with Gasteiger partial charge < -0.3 is 13.5 Å². The summed E-state index contributed by atoms with van der Waals surface area (Å²) in [6.07, 6.45) is 1.93. The molecule has 0 N–H and O–H groups in total. The third-order valence-electron chi connectivity index (χ3n) is 13.9. The first kappa shape index (κ1) is 37.4. The van der Waals surface area contributed by atoms with Crippen LogP contribution in [0.3, 0.4) is 0 Å². The van der Waals surface area contributed by atoms with Gasteiger partial charge >= 0.3 is 0 Å². The topological polar surface area (TPSA) is 17.8 Å². The van der Waals surface area contributed by atoms with Crippen molar-refractivity contribution in [3.05, 3.63) is 191 Å². The molecule has 3 aliphatic heterocycles. The molecular weight excluding hydrogens is 936 g/mol. The Morgan fingerprint density at radius 1 is 0.629 bits per heavy atom. The molecule has 1 aliphatic carbocycles. The van der Waals surface area contributed by atoms with Crippen LogP contribution in [0, 0.1) is 18.8 Å². The van der Waals surface area contributed by atoms with Gasteiger partial charge in [-0.3, -0.25) is 0 Å². The van der Waals surface area contributed by atoms with E-state index in [2.05, 4.69) is 206 Å². The number of hydrogen-bond acceptors (Lipinski definition) is 1. The molecule has 0 amide bonds. The average molecular weight is 994 g/mol. The minimum absolute atomic E-state index is 0. The summed E-state index contributed by atoms with van der Waals surface area (Å²) in [5.74, 6) is 0.860. The van der Waals surface area contributed by atoms with Crippen LogP contribution in [0.4, 0.5) is 17.1 Å². The summed E-state index contributed by atoms with van der Waals surface area (Å²) < 4.78 is 29.2. The van der Waals surface area contributed by atoms with E-state index in [1.54, 1.807) is 0 Å². The summed E-state index contributed by atoms with van der Waals surface area (Å²) in [5.41, 5.74) is 13.9. The SMILES string of the molecule is [2H]C([2H])([2H])[N@+]12[CH-][N@+](c3[c-]c(C4(c5[c-]c6c(cc5)c5ccccc5n6-c5cc(C(C)(C)C)ccn5)c5ccccc5-c5ccccc54)cc(C(C)(C)C)c3)(C1)c1cc(C(C)(C)C)ccc12.[Pt]. The van der Waals surface area contributed by atoms with Crippen LogP contribution in [-0.2, 0) is 42.7 Å². The van der Waals surface area contributed by atoms with Gasteiger partial charge in [-0.1, -0.05) is 141 Å². The third kappa shape index (κ3) is 5.65. The molecule has 12 rings (SSSR count). The molecule has 4 aliphatic rings. The second-order valence-electron chi connectivity index (χ2n) is 20.8. The predicted octanol–water partition coefficient (Wildman–Crippen LogP) is 13.7. The van der Waals surface area contributed by atoms with Crippen LogP contribution in [0.1, 0.15) is 105 Å². The molecule has 0 spiro atoms. The second kappa shape index (κ2) is 13.4. The van der Waals surface area contributed by atoms with Crippen LogP contribution in [-0.4, -0.2) is 23.2 Å². The van der Waals surface area contributed by atoms with Crippen molar-refractivity contribution in [2.75, 3.05) is 13.6 Å². The van der Waals surface area contributed by atoms with Gasteiger partial charge in [0, 0.05) is 56.0 Å². The fourth-order valence-electron chi connectivity index (χ4n) is 10.6. The summed E-state index contributed by atoms with van der Waals surface area (Å²) in [7, 11) is 0. The standard InChI is InChI=1S/C57H55N4.Pt/c1-54(2,3)37-24-26-51-52(33-37)61(35-60(51,10)36-61)42-30-40(56(7,8)9)29-41(31-42)57(47-20-14-11-17-43(47)44-18-12-15-21-48(44)57)39-23-25-46-45-19-13-16-22-49(45)59(50(46)32-39)53-34-38(27-28-58-53)55(4,5)6;/h11-30,33-35H,36H2,1-10H3;/q-1;/t60-,61+;/m0./s1/i10D3;. The van der Waals surface area contributed by atoms with Gasteiger partial charge in [0.1, 0.15) is 5.82 Å². The molecule has 0 unspecified atom stereocenters. The van der Waals surface area contributed by atoms with Crippen LogP contribution in [0.15, 0.2) is 134 Å². The molecule has 1 fully saturated rings. The van der Waals surface area contributed by atoms with Crippen molar-refractivity contribution in [1.29, 1.82) is 0 Å². The van der Waals surface area contributed by atoms with Crippen molar-refractivity contribution in [3.8, 4) is 16.9 Å². The molecule has 5 heterocycles. The van der Waals surface area contributed by atoms with Crippen LogP contribution >= 0.6 is 0 Å². The Kier molecular flexibility index (Phi) is 8.12. The summed E-state index contributed by atoms with van der Waals surface area (Å²) in [6, 6.07) is 54.6. The average Bonchev–Trinajstić information content (AvgIpc) is 3.93. The molecule has 62 heavy (non-hydrogen) atoms. The maximum atomic E-state index is 8.92. The van der Waals surface area contributed by atoms with E-state index in [9.17, 15) is 0 Å². The van der Waals surface area contributed by atoms with Crippen molar-refractivity contribution < 1.29 is 25.2 Å². The van der Waals surface area contributed by atoms with Crippen molar-refractivity contribution in [1.82, 2.24) is 18.5 Å². The van der Waals surface area contributed by atoms with Gasteiger partial charge in [0.15, 0.2) is 18.0 Å². The monoisotopic (exact) mass is 993 g/mol. The molecule has 2 aromatic heterocycles. The molecule has 8 aromatic rings. The minimum atomic E-state index is -2.27. The van der Waals surface area contributed by atoms with Crippen LogP contribution in [0.25, 0.3) is 38.8 Å². The van der Waals surface area contributed by atoms with E-state index in [0.717, 1.165) is 61.4 Å². The molecular formula is C57H55N4Pt-. The Labute approximate surface area is 386 Å². The number of nitrogens with zero attached hydrogens (tertiary/aromatic N) is 4. The van der Waals surface area contributed by atoms with E-state index < -0.39 is 12.4 Å². The second-order valence-corrected chi connectivity index (χ2v) is 20.8. The maximum absolute atomic E-state index is 8.92. The molecule has 0 radical (unpaired) electrons. The summed E-state index contributed by atoms with van der Waals surface area (Å²) in [5, 5.41) is 2.26. The Hall–Kier alpha value is -5.12. The van der Waals surface area contributed by atoms with Crippen molar-refractivity contribution in [2.24, 2.45) is 0 Å².